The normalized spacial score (nSPS) is 10.3. The Morgan fingerprint density at radius 3 is 2.65 bits per heavy atom. The molecule has 0 aliphatic carbocycles. The summed E-state index contributed by atoms with van der Waals surface area (Å²) in [6.07, 6.45) is 1.81. The van der Waals surface area contributed by atoms with Gasteiger partial charge >= 0.3 is 0 Å². The van der Waals surface area contributed by atoms with E-state index in [2.05, 4.69) is 28.5 Å². The highest BCUT2D eigenvalue weighted by Gasteiger charge is 2.06. The van der Waals surface area contributed by atoms with Gasteiger partial charge in [-0.2, -0.15) is 0 Å². The van der Waals surface area contributed by atoms with Gasteiger partial charge in [0.1, 0.15) is 5.75 Å². The van der Waals surface area contributed by atoms with Crippen molar-refractivity contribution in [2.75, 3.05) is 26.1 Å². The van der Waals surface area contributed by atoms with Crippen LogP contribution in [0.25, 0.3) is 0 Å². The maximum Gasteiger partial charge on any atom is 0.142 e. The zero-order chi connectivity index (χ0) is 14.4. The first-order valence-electron chi connectivity index (χ1n) is 6.65. The highest BCUT2D eigenvalue weighted by Crippen LogP contribution is 2.27. The molecule has 1 heterocycles. The molecule has 106 valence electrons. The summed E-state index contributed by atoms with van der Waals surface area (Å²) in [5.74, 6) is 0.895. The van der Waals surface area contributed by atoms with Gasteiger partial charge < -0.3 is 15.0 Å². The van der Waals surface area contributed by atoms with E-state index in [0.29, 0.717) is 0 Å². The molecule has 0 amide bonds. The van der Waals surface area contributed by atoms with Crippen molar-refractivity contribution in [1.82, 2.24) is 10.3 Å². The van der Waals surface area contributed by atoms with Crippen LogP contribution in [0.4, 0.5) is 5.69 Å². The lowest BCUT2D eigenvalue weighted by molar-refractivity contribution is 0.414. The van der Waals surface area contributed by atoms with E-state index in [-0.39, 0.29) is 0 Å². The van der Waals surface area contributed by atoms with Crippen molar-refractivity contribution in [2.24, 2.45) is 0 Å². The smallest absolute Gasteiger partial charge is 0.142 e. The van der Waals surface area contributed by atoms with E-state index in [1.54, 1.807) is 7.11 Å². The van der Waals surface area contributed by atoms with Crippen molar-refractivity contribution >= 4 is 5.69 Å². The average molecular weight is 271 g/mol. The predicted octanol–water partition coefficient (Wildman–Crippen LogP) is 2.45. The minimum absolute atomic E-state index is 0.762. The van der Waals surface area contributed by atoms with Crippen LogP contribution in [0, 0.1) is 0 Å². The third-order valence-corrected chi connectivity index (χ3v) is 3.09. The molecule has 0 saturated carbocycles. The summed E-state index contributed by atoms with van der Waals surface area (Å²) < 4.78 is 5.43. The fraction of sp³-hybridized carbons (Fsp3) is 0.312. The summed E-state index contributed by atoms with van der Waals surface area (Å²) in [6, 6.07) is 12.2. The number of pyridine rings is 1. The molecule has 1 aromatic heterocycles. The van der Waals surface area contributed by atoms with Crippen LogP contribution in [0.1, 0.15) is 11.3 Å². The monoisotopic (exact) mass is 271 g/mol. The van der Waals surface area contributed by atoms with Gasteiger partial charge in [-0.1, -0.05) is 12.1 Å². The van der Waals surface area contributed by atoms with Crippen molar-refractivity contribution in [3.05, 3.63) is 53.9 Å². The second-order valence-corrected chi connectivity index (χ2v) is 4.83. The highest BCUT2D eigenvalue weighted by atomic mass is 16.5. The molecule has 20 heavy (non-hydrogen) atoms. The lowest BCUT2D eigenvalue weighted by atomic mass is 10.1. The topological polar surface area (TPSA) is 37.4 Å². The molecule has 1 aromatic carbocycles. The lowest BCUT2D eigenvalue weighted by Gasteiger charge is -2.17. The SMILES string of the molecule is COc1cc(CNCc2ccccn2)ccc1N(C)C. The molecule has 0 aliphatic heterocycles. The molecule has 1 N–H and O–H groups in total. The zero-order valence-electron chi connectivity index (χ0n) is 12.3. The Hall–Kier alpha value is -2.07. The van der Waals surface area contributed by atoms with E-state index in [9.17, 15) is 0 Å². The molecule has 0 fully saturated rings. The first-order valence-corrected chi connectivity index (χ1v) is 6.65. The highest BCUT2D eigenvalue weighted by molar-refractivity contribution is 5.58. The van der Waals surface area contributed by atoms with E-state index in [1.165, 1.54) is 5.56 Å². The van der Waals surface area contributed by atoms with Crippen molar-refractivity contribution in [3.8, 4) is 5.75 Å². The van der Waals surface area contributed by atoms with E-state index in [1.807, 2.05) is 43.4 Å². The van der Waals surface area contributed by atoms with Gasteiger partial charge in [0.15, 0.2) is 0 Å². The largest absolute Gasteiger partial charge is 0.495 e. The second-order valence-electron chi connectivity index (χ2n) is 4.83. The Bertz CT molecular complexity index is 541. The first-order chi connectivity index (χ1) is 9.70. The van der Waals surface area contributed by atoms with Crippen molar-refractivity contribution < 1.29 is 4.74 Å². The van der Waals surface area contributed by atoms with Crippen LogP contribution in [0.15, 0.2) is 42.6 Å². The average Bonchev–Trinajstić information content (AvgIpc) is 2.48. The Morgan fingerprint density at radius 2 is 2.00 bits per heavy atom. The molecule has 0 atom stereocenters. The van der Waals surface area contributed by atoms with Gasteiger partial charge in [0.05, 0.1) is 18.5 Å². The molecule has 4 nitrogen and oxygen atoms in total. The third kappa shape index (κ3) is 3.71. The molecule has 0 spiro atoms. The Balaban J connectivity index is 1.96. The minimum atomic E-state index is 0.762. The molecule has 0 unspecified atom stereocenters. The van der Waals surface area contributed by atoms with Crippen LogP contribution in [0.3, 0.4) is 0 Å². The number of ether oxygens (including phenoxy) is 1. The van der Waals surface area contributed by atoms with Gasteiger partial charge in [-0.25, -0.2) is 0 Å². The van der Waals surface area contributed by atoms with E-state index < -0.39 is 0 Å². The number of nitrogens with one attached hydrogen (secondary N) is 1. The van der Waals surface area contributed by atoms with E-state index >= 15 is 0 Å². The number of benzene rings is 1. The number of methoxy groups -OCH3 is 1. The first kappa shape index (κ1) is 14.3. The standard InChI is InChI=1S/C16H21N3O/c1-19(2)15-8-7-13(10-16(15)20-3)11-17-12-14-6-4-5-9-18-14/h4-10,17H,11-12H2,1-3H3. The maximum absolute atomic E-state index is 5.43. The van der Waals surface area contributed by atoms with Crippen LogP contribution in [-0.2, 0) is 13.1 Å². The third-order valence-electron chi connectivity index (χ3n) is 3.09. The van der Waals surface area contributed by atoms with Gasteiger partial charge in [-0.05, 0) is 29.8 Å². The Labute approximate surface area is 120 Å². The van der Waals surface area contributed by atoms with E-state index in [4.69, 9.17) is 4.74 Å². The molecule has 0 aliphatic rings. The van der Waals surface area contributed by atoms with Gasteiger partial charge in [0.25, 0.3) is 0 Å². The fourth-order valence-corrected chi connectivity index (χ4v) is 2.04. The number of hydrogen-bond acceptors (Lipinski definition) is 4. The predicted molar refractivity (Wildman–Crippen MR) is 82.1 cm³/mol. The fourth-order valence-electron chi connectivity index (χ4n) is 2.04. The molecule has 0 radical (unpaired) electrons. The van der Waals surface area contributed by atoms with Crippen LogP contribution in [0.2, 0.25) is 0 Å². The Kier molecular flexibility index (Phi) is 4.96. The molecule has 4 heteroatoms. The summed E-state index contributed by atoms with van der Waals surface area (Å²) in [6.45, 7) is 1.55. The van der Waals surface area contributed by atoms with Gasteiger partial charge in [0.2, 0.25) is 0 Å². The second kappa shape index (κ2) is 6.91. The molecular weight excluding hydrogens is 250 g/mol. The van der Waals surface area contributed by atoms with Gasteiger partial charge in [0, 0.05) is 33.4 Å². The van der Waals surface area contributed by atoms with Crippen molar-refractivity contribution in [3.63, 3.8) is 0 Å². The summed E-state index contributed by atoms with van der Waals surface area (Å²) in [4.78, 5) is 6.33. The van der Waals surface area contributed by atoms with Crippen molar-refractivity contribution in [2.45, 2.75) is 13.1 Å². The van der Waals surface area contributed by atoms with Crippen LogP contribution >= 0.6 is 0 Å². The quantitative estimate of drug-likeness (QED) is 0.875. The molecule has 2 rings (SSSR count). The van der Waals surface area contributed by atoms with E-state index in [0.717, 1.165) is 30.2 Å². The number of aromatic nitrogens is 1. The zero-order valence-corrected chi connectivity index (χ0v) is 12.3. The Morgan fingerprint density at radius 1 is 1.15 bits per heavy atom. The lowest BCUT2D eigenvalue weighted by Crippen LogP contribution is -2.14. The summed E-state index contributed by atoms with van der Waals surface area (Å²) >= 11 is 0. The molecule has 0 bridgehead atoms. The maximum atomic E-state index is 5.43. The molecule has 2 aromatic rings. The summed E-state index contributed by atoms with van der Waals surface area (Å²) in [7, 11) is 5.72. The summed E-state index contributed by atoms with van der Waals surface area (Å²) in [5.41, 5.74) is 3.33. The minimum Gasteiger partial charge on any atom is -0.495 e. The number of anilines is 1. The molecule has 0 saturated heterocycles. The van der Waals surface area contributed by atoms with Crippen LogP contribution in [0.5, 0.6) is 5.75 Å². The summed E-state index contributed by atoms with van der Waals surface area (Å²) in [5, 5.41) is 3.39. The van der Waals surface area contributed by atoms with Crippen LogP contribution in [-0.4, -0.2) is 26.2 Å². The number of hydrogen-bond donors (Lipinski definition) is 1. The number of nitrogens with zero attached hydrogens (tertiary/aromatic N) is 2. The van der Waals surface area contributed by atoms with Gasteiger partial charge in [-0.15, -0.1) is 0 Å². The van der Waals surface area contributed by atoms with Crippen molar-refractivity contribution in [1.29, 1.82) is 0 Å². The molecular formula is C16H21N3O. The number of rotatable bonds is 6. The van der Waals surface area contributed by atoms with Crippen LogP contribution < -0.4 is 15.0 Å². The van der Waals surface area contributed by atoms with Gasteiger partial charge in [-0.3, -0.25) is 4.98 Å².